The molecule has 4 atom stereocenters. The van der Waals surface area contributed by atoms with Crippen LogP contribution in [0.2, 0.25) is 0 Å². The fourth-order valence-corrected chi connectivity index (χ4v) is 6.65. The van der Waals surface area contributed by atoms with Gasteiger partial charge in [0.05, 0.1) is 0 Å². The molecule has 136 valence electrons. The lowest BCUT2D eigenvalue weighted by Gasteiger charge is -2.50. The van der Waals surface area contributed by atoms with E-state index in [2.05, 4.69) is 64.0 Å². The molecule has 0 amide bonds. The lowest BCUT2D eigenvalue weighted by Crippen LogP contribution is -2.51. The molecule has 4 unspecified atom stereocenters. The Morgan fingerprint density at radius 2 is 1.96 bits per heavy atom. The fraction of sp³-hybridized carbons (Fsp3) is 0.810. The largest absolute Gasteiger partial charge is 0.351 e. The SMILES string of the molecule is CCC(OC1(c2cccs2)CC2CCC1(C)C2(C)C)N(CC)CC. The molecule has 0 N–H and O–H groups in total. The van der Waals surface area contributed by atoms with Gasteiger partial charge in [-0.1, -0.05) is 47.6 Å². The Balaban J connectivity index is 2.04. The highest BCUT2D eigenvalue weighted by Gasteiger charge is 2.70. The van der Waals surface area contributed by atoms with Gasteiger partial charge in [-0.2, -0.15) is 0 Å². The maximum absolute atomic E-state index is 7.15. The summed E-state index contributed by atoms with van der Waals surface area (Å²) in [4.78, 5) is 3.93. The van der Waals surface area contributed by atoms with Gasteiger partial charge >= 0.3 is 0 Å². The van der Waals surface area contributed by atoms with Crippen LogP contribution in [0, 0.1) is 16.7 Å². The maximum Gasteiger partial charge on any atom is 0.111 e. The summed E-state index contributed by atoms with van der Waals surface area (Å²) in [6.45, 7) is 16.4. The van der Waals surface area contributed by atoms with Gasteiger partial charge in [-0.3, -0.25) is 4.90 Å². The zero-order chi connectivity index (χ0) is 17.6. The highest BCUT2D eigenvalue weighted by molar-refractivity contribution is 7.10. The molecule has 2 saturated carbocycles. The van der Waals surface area contributed by atoms with Crippen LogP contribution in [-0.4, -0.2) is 24.2 Å². The van der Waals surface area contributed by atoms with Gasteiger partial charge in [0.25, 0.3) is 0 Å². The quantitative estimate of drug-likeness (QED) is 0.570. The number of thiophene rings is 1. The summed E-state index contributed by atoms with van der Waals surface area (Å²) in [5.41, 5.74) is 0.450. The smallest absolute Gasteiger partial charge is 0.111 e. The summed E-state index contributed by atoms with van der Waals surface area (Å²) in [6.07, 6.45) is 5.11. The molecule has 2 fully saturated rings. The fourth-order valence-electron chi connectivity index (χ4n) is 5.64. The number of hydrogen-bond donors (Lipinski definition) is 0. The lowest BCUT2D eigenvalue weighted by atomic mass is 9.64. The first-order valence-corrected chi connectivity index (χ1v) is 10.7. The predicted octanol–water partition coefficient (Wildman–Crippen LogP) is 5.88. The first-order valence-electron chi connectivity index (χ1n) is 9.82. The zero-order valence-corrected chi connectivity index (χ0v) is 17.2. The van der Waals surface area contributed by atoms with E-state index in [1.807, 2.05) is 11.3 Å². The van der Waals surface area contributed by atoms with Crippen molar-refractivity contribution in [3.05, 3.63) is 22.4 Å². The molecule has 0 spiro atoms. The molecule has 3 rings (SSSR count). The van der Waals surface area contributed by atoms with E-state index in [0.29, 0.717) is 5.41 Å². The monoisotopic (exact) mass is 349 g/mol. The highest BCUT2D eigenvalue weighted by atomic mass is 32.1. The number of hydrogen-bond acceptors (Lipinski definition) is 3. The van der Waals surface area contributed by atoms with Crippen LogP contribution in [0.15, 0.2) is 17.5 Å². The van der Waals surface area contributed by atoms with Gasteiger partial charge in [0.15, 0.2) is 0 Å². The Bertz CT molecular complexity index is 550. The van der Waals surface area contributed by atoms with Crippen molar-refractivity contribution in [1.82, 2.24) is 4.90 Å². The van der Waals surface area contributed by atoms with Crippen molar-refractivity contribution in [2.75, 3.05) is 13.1 Å². The van der Waals surface area contributed by atoms with E-state index in [-0.39, 0.29) is 17.2 Å². The highest BCUT2D eigenvalue weighted by Crippen LogP contribution is 2.74. The average Bonchev–Trinajstić information content (AvgIpc) is 3.21. The van der Waals surface area contributed by atoms with Gasteiger partial charge in [0.1, 0.15) is 11.8 Å². The number of ether oxygens (including phenoxy) is 1. The van der Waals surface area contributed by atoms with Gasteiger partial charge in [-0.25, -0.2) is 0 Å². The first kappa shape index (κ1) is 18.4. The van der Waals surface area contributed by atoms with E-state index in [1.54, 1.807) is 0 Å². The molecular weight excluding hydrogens is 314 g/mol. The molecule has 1 aromatic rings. The van der Waals surface area contributed by atoms with Crippen LogP contribution in [0.1, 0.15) is 72.1 Å². The van der Waals surface area contributed by atoms with E-state index in [9.17, 15) is 0 Å². The third kappa shape index (κ3) is 2.34. The summed E-state index contributed by atoms with van der Waals surface area (Å²) in [7, 11) is 0. The Hall–Kier alpha value is -0.380. The van der Waals surface area contributed by atoms with Crippen LogP contribution in [0.3, 0.4) is 0 Å². The number of fused-ring (bicyclic) bond motifs is 2. The predicted molar refractivity (Wildman–Crippen MR) is 103 cm³/mol. The van der Waals surface area contributed by atoms with Gasteiger partial charge < -0.3 is 4.74 Å². The van der Waals surface area contributed by atoms with E-state index >= 15 is 0 Å². The van der Waals surface area contributed by atoms with Crippen LogP contribution >= 0.6 is 11.3 Å². The molecule has 2 aliphatic rings. The van der Waals surface area contributed by atoms with Crippen LogP contribution in [-0.2, 0) is 10.3 Å². The summed E-state index contributed by atoms with van der Waals surface area (Å²) >= 11 is 1.89. The molecule has 0 aromatic carbocycles. The van der Waals surface area contributed by atoms with E-state index < -0.39 is 0 Å². The van der Waals surface area contributed by atoms with Gasteiger partial charge in [0, 0.05) is 10.3 Å². The molecule has 3 heteroatoms. The average molecular weight is 350 g/mol. The van der Waals surface area contributed by atoms with Crippen molar-refractivity contribution >= 4 is 11.3 Å². The van der Waals surface area contributed by atoms with E-state index in [4.69, 9.17) is 4.74 Å². The summed E-state index contributed by atoms with van der Waals surface area (Å²) in [5, 5.41) is 2.22. The Morgan fingerprint density at radius 3 is 2.38 bits per heavy atom. The van der Waals surface area contributed by atoms with Crippen molar-refractivity contribution in [3.8, 4) is 0 Å². The minimum Gasteiger partial charge on any atom is -0.351 e. The molecule has 0 aliphatic heterocycles. The van der Waals surface area contributed by atoms with Crippen molar-refractivity contribution in [2.45, 2.75) is 79.1 Å². The van der Waals surface area contributed by atoms with Crippen LogP contribution in [0.4, 0.5) is 0 Å². The zero-order valence-electron chi connectivity index (χ0n) is 16.4. The minimum absolute atomic E-state index is 0.114. The standard InChI is InChI=1S/C21H35NOS/c1-7-18(22(8-2)9-3)23-21(17-11-10-14-24-17)15-16-12-13-20(21,6)19(16,4)5/h10-11,14,16,18H,7-9,12-13,15H2,1-6H3. The van der Waals surface area contributed by atoms with Crippen LogP contribution in [0.25, 0.3) is 0 Å². The Morgan fingerprint density at radius 1 is 1.25 bits per heavy atom. The van der Waals surface area contributed by atoms with Crippen LogP contribution in [0.5, 0.6) is 0 Å². The van der Waals surface area contributed by atoms with E-state index in [1.165, 1.54) is 24.1 Å². The van der Waals surface area contributed by atoms with Crippen molar-refractivity contribution in [2.24, 2.45) is 16.7 Å². The molecule has 1 aromatic heterocycles. The summed E-state index contributed by atoms with van der Waals surface area (Å²) < 4.78 is 7.15. The molecular formula is C21H35NOS. The van der Waals surface area contributed by atoms with Gasteiger partial charge in [-0.05, 0) is 61.6 Å². The van der Waals surface area contributed by atoms with Crippen molar-refractivity contribution < 1.29 is 4.74 Å². The van der Waals surface area contributed by atoms with Crippen molar-refractivity contribution in [3.63, 3.8) is 0 Å². The third-order valence-electron chi connectivity index (χ3n) is 7.69. The topological polar surface area (TPSA) is 12.5 Å². The summed E-state index contributed by atoms with van der Waals surface area (Å²) in [5.74, 6) is 0.777. The Kier molecular flexibility index (Phi) is 4.92. The third-order valence-corrected chi connectivity index (χ3v) is 8.70. The normalized spacial score (nSPS) is 35.7. The lowest BCUT2D eigenvalue weighted by molar-refractivity contribution is -0.214. The first-order chi connectivity index (χ1) is 11.4. The molecule has 2 aliphatic carbocycles. The molecule has 0 saturated heterocycles. The van der Waals surface area contributed by atoms with Crippen molar-refractivity contribution in [1.29, 1.82) is 0 Å². The Labute approximate surface area is 152 Å². The molecule has 0 radical (unpaired) electrons. The maximum atomic E-state index is 7.15. The second-order valence-electron chi connectivity index (χ2n) is 8.50. The molecule has 24 heavy (non-hydrogen) atoms. The molecule has 2 bridgehead atoms. The number of nitrogens with zero attached hydrogens (tertiary/aromatic N) is 1. The molecule has 1 heterocycles. The number of rotatable bonds is 7. The van der Waals surface area contributed by atoms with Gasteiger partial charge in [0.2, 0.25) is 0 Å². The summed E-state index contributed by atoms with van der Waals surface area (Å²) in [6, 6.07) is 4.52. The van der Waals surface area contributed by atoms with E-state index in [0.717, 1.165) is 25.4 Å². The minimum atomic E-state index is -0.114. The van der Waals surface area contributed by atoms with Crippen LogP contribution < -0.4 is 0 Å². The molecule has 2 nitrogen and oxygen atoms in total. The van der Waals surface area contributed by atoms with Gasteiger partial charge in [-0.15, -0.1) is 11.3 Å². The second kappa shape index (κ2) is 6.41. The second-order valence-corrected chi connectivity index (χ2v) is 9.45.